The van der Waals surface area contributed by atoms with E-state index < -0.39 is 0 Å². The van der Waals surface area contributed by atoms with Crippen molar-refractivity contribution in [2.24, 2.45) is 0 Å². The molecule has 0 radical (unpaired) electrons. The highest BCUT2D eigenvalue weighted by Crippen LogP contribution is 2.12. The van der Waals surface area contributed by atoms with Gasteiger partial charge in [0.15, 0.2) is 0 Å². The van der Waals surface area contributed by atoms with Gasteiger partial charge in [0.2, 0.25) is 11.8 Å². The molecule has 1 aliphatic rings. The van der Waals surface area contributed by atoms with E-state index in [0.717, 1.165) is 19.4 Å². The fourth-order valence-corrected chi connectivity index (χ4v) is 2.81. The lowest BCUT2D eigenvalue weighted by atomic mass is 10.1. The lowest BCUT2D eigenvalue weighted by molar-refractivity contribution is -0.130. The Morgan fingerprint density at radius 3 is 2.76 bits per heavy atom. The first-order valence-electron chi connectivity index (χ1n) is 8.49. The second-order valence-electron chi connectivity index (χ2n) is 6.05. The van der Waals surface area contributed by atoms with E-state index >= 15 is 0 Å². The number of nitrogens with zero attached hydrogens (tertiary/aromatic N) is 1. The van der Waals surface area contributed by atoms with Gasteiger partial charge < -0.3 is 20.3 Å². The number of hydrogen-bond acceptors (Lipinski definition) is 4. The van der Waals surface area contributed by atoms with Crippen molar-refractivity contribution in [3.8, 4) is 0 Å². The van der Waals surface area contributed by atoms with Crippen molar-refractivity contribution < 1.29 is 14.3 Å². The van der Waals surface area contributed by atoms with Crippen molar-refractivity contribution >= 4 is 24.2 Å². The van der Waals surface area contributed by atoms with Crippen molar-refractivity contribution in [3.05, 3.63) is 35.9 Å². The van der Waals surface area contributed by atoms with Crippen LogP contribution in [0.3, 0.4) is 0 Å². The number of hydrogen-bond donors (Lipinski definition) is 2. The summed E-state index contributed by atoms with van der Waals surface area (Å²) in [7, 11) is 1.63. The summed E-state index contributed by atoms with van der Waals surface area (Å²) < 4.78 is 4.91. The molecular formula is C18H28ClN3O3. The predicted octanol–water partition coefficient (Wildman–Crippen LogP) is 0.994. The minimum absolute atomic E-state index is 0. The van der Waals surface area contributed by atoms with E-state index in [9.17, 15) is 9.59 Å². The van der Waals surface area contributed by atoms with Crippen molar-refractivity contribution in [1.29, 1.82) is 0 Å². The summed E-state index contributed by atoms with van der Waals surface area (Å²) in [5, 5.41) is 5.99. The van der Waals surface area contributed by atoms with Gasteiger partial charge in [0.25, 0.3) is 0 Å². The molecular weight excluding hydrogens is 342 g/mol. The van der Waals surface area contributed by atoms with E-state index in [2.05, 4.69) is 10.6 Å². The number of nitrogens with one attached hydrogen (secondary N) is 2. The number of ether oxygens (including phenoxy) is 1. The Kier molecular flexibility index (Phi) is 10.1. The average Bonchev–Trinajstić information content (AvgIpc) is 3.06. The van der Waals surface area contributed by atoms with Crippen LogP contribution in [0.15, 0.2) is 30.3 Å². The molecule has 1 unspecified atom stereocenters. The summed E-state index contributed by atoms with van der Waals surface area (Å²) in [5.41, 5.74) is 1.18. The zero-order valence-electron chi connectivity index (χ0n) is 14.7. The van der Waals surface area contributed by atoms with E-state index in [0.29, 0.717) is 26.1 Å². The minimum atomic E-state index is -0.0327. The normalized spacial score (nSPS) is 16.4. The Morgan fingerprint density at radius 2 is 2.04 bits per heavy atom. The second kappa shape index (κ2) is 11.8. The van der Waals surface area contributed by atoms with E-state index in [1.807, 2.05) is 35.2 Å². The minimum Gasteiger partial charge on any atom is -0.383 e. The second-order valence-corrected chi connectivity index (χ2v) is 6.05. The molecule has 2 rings (SSSR count). The van der Waals surface area contributed by atoms with Crippen molar-refractivity contribution in [2.45, 2.75) is 25.3 Å². The molecule has 1 saturated heterocycles. The molecule has 1 atom stereocenters. The third-order valence-corrected chi connectivity index (χ3v) is 4.14. The first-order valence-corrected chi connectivity index (χ1v) is 8.49. The number of carbonyl (C=O) groups is 2. The molecule has 0 aliphatic carbocycles. The molecule has 2 amide bonds. The van der Waals surface area contributed by atoms with Crippen LogP contribution in [0.2, 0.25) is 0 Å². The molecule has 0 saturated carbocycles. The van der Waals surface area contributed by atoms with Gasteiger partial charge in [-0.05, 0) is 18.4 Å². The van der Waals surface area contributed by atoms with Crippen molar-refractivity contribution in [3.63, 3.8) is 0 Å². The first-order chi connectivity index (χ1) is 11.7. The summed E-state index contributed by atoms with van der Waals surface area (Å²) in [4.78, 5) is 26.0. The van der Waals surface area contributed by atoms with Gasteiger partial charge in [-0.2, -0.15) is 0 Å². The molecule has 7 heteroatoms. The number of likely N-dealkylation sites (tertiary alicyclic amines) is 1. The van der Waals surface area contributed by atoms with Crippen LogP contribution in [0, 0.1) is 0 Å². The maximum Gasteiger partial charge on any atom is 0.234 e. The summed E-state index contributed by atoms with van der Waals surface area (Å²) in [5.74, 6) is 0.128. The molecule has 1 fully saturated rings. The van der Waals surface area contributed by atoms with Crippen LogP contribution < -0.4 is 10.6 Å². The van der Waals surface area contributed by atoms with E-state index in [1.165, 1.54) is 5.56 Å². The molecule has 1 heterocycles. The van der Waals surface area contributed by atoms with Crippen LogP contribution in [0.4, 0.5) is 0 Å². The number of benzene rings is 1. The number of methoxy groups -OCH3 is 1. The Hall–Kier alpha value is -1.63. The van der Waals surface area contributed by atoms with Crippen molar-refractivity contribution in [1.82, 2.24) is 15.5 Å². The summed E-state index contributed by atoms with van der Waals surface area (Å²) >= 11 is 0. The Balaban J connectivity index is 0.00000312. The molecule has 25 heavy (non-hydrogen) atoms. The smallest absolute Gasteiger partial charge is 0.234 e. The third-order valence-electron chi connectivity index (χ3n) is 4.14. The van der Waals surface area contributed by atoms with Gasteiger partial charge in [0.1, 0.15) is 0 Å². The lowest BCUT2D eigenvalue weighted by Gasteiger charge is -2.17. The Labute approximate surface area is 155 Å². The fraction of sp³-hybridized carbons (Fsp3) is 0.556. The largest absolute Gasteiger partial charge is 0.383 e. The van der Waals surface area contributed by atoms with Gasteiger partial charge in [-0.3, -0.25) is 9.59 Å². The highest BCUT2D eigenvalue weighted by Gasteiger charge is 2.26. The molecule has 1 aliphatic heterocycles. The van der Waals surface area contributed by atoms with Gasteiger partial charge in [-0.15, -0.1) is 12.4 Å². The topological polar surface area (TPSA) is 70.7 Å². The molecule has 140 valence electrons. The quantitative estimate of drug-likeness (QED) is 0.637. The zero-order valence-corrected chi connectivity index (χ0v) is 15.5. The third kappa shape index (κ3) is 7.86. The standard InChI is InChI=1S/C18H27N3O3.ClH/c1-24-12-10-19-13-17(22)20-16-9-11-21(14-16)18(23)8-7-15-5-3-2-4-6-15;/h2-6,16,19H,7-14H2,1H3,(H,20,22);1H. The number of carbonyl (C=O) groups excluding carboxylic acids is 2. The van der Waals surface area contributed by atoms with E-state index in [1.54, 1.807) is 7.11 Å². The molecule has 0 bridgehead atoms. The monoisotopic (exact) mass is 369 g/mol. The number of halogens is 1. The van der Waals surface area contributed by atoms with Crippen LogP contribution in [-0.4, -0.2) is 62.7 Å². The Bertz CT molecular complexity index is 528. The van der Waals surface area contributed by atoms with Gasteiger partial charge in [0.05, 0.1) is 13.2 Å². The van der Waals surface area contributed by atoms with E-state index in [4.69, 9.17) is 4.74 Å². The zero-order chi connectivity index (χ0) is 17.2. The van der Waals surface area contributed by atoms with Gasteiger partial charge in [-0.25, -0.2) is 0 Å². The van der Waals surface area contributed by atoms with Crippen LogP contribution >= 0.6 is 12.4 Å². The molecule has 0 aromatic heterocycles. The number of aryl methyl sites for hydroxylation is 1. The first kappa shape index (κ1) is 21.4. The van der Waals surface area contributed by atoms with Gasteiger partial charge in [-0.1, -0.05) is 30.3 Å². The molecule has 0 spiro atoms. The summed E-state index contributed by atoms with van der Waals surface area (Å²) in [6, 6.07) is 10.1. The molecule has 1 aromatic carbocycles. The van der Waals surface area contributed by atoms with Crippen LogP contribution in [0.25, 0.3) is 0 Å². The van der Waals surface area contributed by atoms with Crippen LogP contribution in [0.1, 0.15) is 18.4 Å². The summed E-state index contributed by atoms with van der Waals surface area (Å²) in [6.45, 7) is 2.84. The fourth-order valence-electron chi connectivity index (χ4n) is 2.81. The summed E-state index contributed by atoms with van der Waals surface area (Å²) in [6.07, 6.45) is 2.10. The highest BCUT2D eigenvalue weighted by molar-refractivity contribution is 5.85. The highest BCUT2D eigenvalue weighted by atomic mass is 35.5. The predicted molar refractivity (Wildman–Crippen MR) is 99.9 cm³/mol. The molecule has 1 aromatic rings. The SMILES string of the molecule is COCCNCC(=O)NC1CCN(C(=O)CCc2ccccc2)C1.Cl. The lowest BCUT2D eigenvalue weighted by Crippen LogP contribution is -2.42. The number of amides is 2. The average molecular weight is 370 g/mol. The van der Waals surface area contributed by atoms with Crippen LogP contribution in [0.5, 0.6) is 0 Å². The molecule has 6 nitrogen and oxygen atoms in total. The maximum absolute atomic E-state index is 12.3. The van der Waals surface area contributed by atoms with Gasteiger partial charge in [0, 0.05) is 39.2 Å². The Morgan fingerprint density at radius 1 is 1.28 bits per heavy atom. The van der Waals surface area contributed by atoms with E-state index in [-0.39, 0.29) is 36.8 Å². The van der Waals surface area contributed by atoms with Crippen molar-refractivity contribution in [2.75, 3.05) is 39.9 Å². The number of rotatable bonds is 9. The maximum atomic E-state index is 12.3. The van der Waals surface area contributed by atoms with Gasteiger partial charge >= 0.3 is 0 Å². The molecule has 2 N–H and O–H groups in total. The van der Waals surface area contributed by atoms with Crippen LogP contribution in [-0.2, 0) is 20.7 Å².